The molecule has 0 aromatic carbocycles. The van der Waals surface area contributed by atoms with Gasteiger partial charge in [-0.3, -0.25) is 4.90 Å². The van der Waals surface area contributed by atoms with Gasteiger partial charge in [-0.05, 0) is 38.5 Å². The second-order valence-electron chi connectivity index (χ2n) is 7.52. The predicted molar refractivity (Wildman–Crippen MR) is 89.7 cm³/mol. The van der Waals surface area contributed by atoms with Crippen molar-refractivity contribution in [3.63, 3.8) is 0 Å². The van der Waals surface area contributed by atoms with E-state index in [0.717, 1.165) is 38.8 Å². The van der Waals surface area contributed by atoms with Gasteiger partial charge in [0.15, 0.2) is 0 Å². The second-order valence-corrected chi connectivity index (χ2v) is 7.52. The molecule has 2 saturated carbocycles. The lowest BCUT2D eigenvalue weighted by Crippen LogP contribution is -2.51. The third-order valence-electron chi connectivity index (χ3n) is 6.15. The summed E-state index contributed by atoms with van der Waals surface area (Å²) in [5, 5.41) is 9.02. The number of fused-ring (bicyclic) bond motifs is 1. The summed E-state index contributed by atoms with van der Waals surface area (Å²) < 4.78 is 14.2. The Labute approximate surface area is 143 Å². The first-order valence-corrected chi connectivity index (χ1v) is 9.28. The molecule has 4 rings (SSSR count). The van der Waals surface area contributed by atoms with Gasteiger partial charge in [-0.15, -0.1) is 0 Å². The van der Waals surface area contributed by atoms with Crippen LogP contribution in [0.4, 0.5) is 0 Å². The zero-order valence-corrected chi connectivity index (χ0v) is 14.6. The number of nitrogens with zero attached hydrogens (tertiary/aromatic N) is 3. The minimum Gasteiger partial charge on any atom is -0.394 e. The number of methoxy groups -OCH3 is 1. The fourth-order valence-electron chi connectivity index (χ4n) is 4.66. The molecule has 0 amide bonds. The van der Waals surface area contributed by atoms with Crippen LogP contribution in [0, 0.1) is 0 Å². The van der Waals surface area contributed by atoms with Crippen molar-refractivity contribution in [3.05, 3.63) is 18.2 Å². The molecule has 1 N–H and O–H groups in total. The lowest BCUT2D eigenvalue weighted by Gasteiger charge is -2.43. The van der Waals surface area contributed by atoms with Gasteiger partial charge in [-0.1, -0.05) is 0 Å². The molecule has 1 aromatic rings. The number of imidazole rings is 1. The molecule has 0 unspecified atom stereocenters. The van der Waals surface area contributed by atoms with E-state index in [1.807, 2.05) is 19.6 Å². The van der Waals surface area contributed by atoms with Gasteiger partial charge in [0.05, 0.1) is 36.9 Å². The first-order chi connectivity index (χ1) is 11.8. The molecule has 0 spiro atoms. The van der Waals surface area contributed by atoms with Crippen molar-refractivity contribution in [1.29, 1.82) is 0 Å². The van der Waals surface area contributed by atoms with Gasteiger partial charge in [0.1, 0.15) is 0 Å². The van der Waals surface area contributed by atoms with E-state index < -0.39 is 0 Å². The fraction of sp³-hybridized carbons (Fsp3) is 0.833. The van der Waals surface area contributed by atoms with Crippen molar-refractivity contribution in [2.45, 2.75) is 68.9 Å². The van der Waals surface area contributed by atoms with Crippen molar-refractivity contribution in [2.75, 3.05) is 26.9 Å². The molecule has 6 heteroatoms. The quantitative estimate of drug-likeness (QED) is 0.822. The highest BCUT2D eigenvalue weighted by Crippen LogP contribution is 2.44. The van der Waals surface area contributed by atoms with Crippen LogP contribution in [0.15, 0.2) is 12.5 Å². The van der Waals surface area contributed by atoms with Crippen LogP contribution in [0.25, 0.3) is 0 Å². The Morgan fingerprint density at radius 2 is 2.21 bits per heavy atom. The van der Waals surface area contributed by atoms with E-state index in [-0.39, 0.29) is 18.3 Å². The number of ether oxygens (including phenoxy) is 2. The van der Waals surface area contributed by atoms with Crippen molar-refractivity contribution >= 4 is 0 Å². The van der Waals surface area contributed by atoms with Gasteiger partial charge >= 0.3 is 0 Å². The maximum atomic E-state index is 9.02. The van der Waals surface area contributed by atoms with E-state index in [2.05, 4.69) is 14.5 Å². The van der Waals surface area contributed by atoms with Crippen LogP contribution in [0.2, 0.25) is 0 Å². The van der Waals surface area contributed by atoms with Crippen LogP contribution >= 0.6 is 0 Å². The molecule has 134 valence electrons. The highest BCUT2D eigenvalue weighted by molar-refractivity contribution is 5.09. The SMILES string of the molecule is CO[C@@]12CC[C@H](OCCO)C[C@@H]1N(Cc1cncn1C1CC1)CC2. The van der Waals surface area contributed by atoms with Crippen LogP contribution < -0.4 is 0 Å². The summed E-state index contributed by atoms with van der Waals surface area (Å²) in [4.78, 5) is 6.94. The summed E-state index contributed by atoms with van der Waals surface area (Å²) in [6.45, 7) is 2.55. The number of likely N-dealkylation sites (tertiary alicyclic amines) is 1. The van der Waals surface area contributed by atoms with Crippen LogP contribution in [0.5, 0.6) is 0 Å². The number of hydrogen-bond donors (Lipinski definition) is 1. The molecule has 1 aliphatic heterocycles. The molecule has 3 atom stereocenters. The van der Waals surface area contributed by atoms with Crippen molar-refractivity contribution in [1.82, 2.24) is 14.5 Å². The van der Waals surface area contributed by atoms with Crippen LogP contribution in [-0.2, 0) is 16.0 Å². The van der Waals surface area contributed by atoms with E-state index in [9.17, 15) is 0 Å². The van der Waals surface area contributed by atoms with Crippen molar-refractivity contribution in [3.8, 4) is 0 Å². The molecule has 1 saturated heterocycles. The van der Waals surface area contributed by atoms with Gasteiger partial charge in [0.2, 0.25) is 0 Å². The summed E-state index contributed by atoms with van der Waals surface area (Å²) >= 11 is 0. The Morgan fingerprint density at radius 1 is 1.33 bits per heavy atom. The normalized spacial score (nSPS) is 33.8. The summed E-state index contributed by atoms with van der Waals surface area (Å²) in [6, 6.07) is 1.06. The number of aliphatic hydroxyl groups excluding tert-OH is 1. The molecular formula is C18H29N3O3. The number of aliphatic hydroxyl groups is 1. The molecule has 2 aliphatic carbocycles. The van der Waals surface area contributed by atoms with Crippen molar-refractivity contribution in [2.24, 2.45) is 0 Å². The average molecular weight is 335 g/mol. The summed E-state index contributed by atoms with van der Waals surface area (Å²) in [5.41, 5.74) is 1.30. The molecule has 3 aliphatic rings. The van der Waals surface area contributed by atoms with E-state index in [0.29, 0.717) is 18.7 Å². The molecule has 2 heterocycles. The lowest BCUT2D eigenvalue weighted by molar-refractivity contribution is -0.104. The molecule has 3 fully saturated rings. The molecule has 6 nitrogen and oxygen atoms in total. The third kappa shape index (κ3) is 3.01. The van der Waals surface area contributed by atoms with E-state index >= 15 is 0 Å². The van der Waals surface area contributed by atoms with Crippen LogP contribution in [0.1, 0.15) is 50.3 Å². The Bertz CT molecular complexity index is 559. The number of rotatable bonds is 7. The maximum Gasteiger partial charge on any atom is 0.0951 e. The highest BCUT2D eigenvalue weighted by Gasteiger charge is 2.51. The number of hydrogen-bond acceptors (Lipinski definition) is 5. The number of aromatic nitrogens is 2. The minimum atomic E-state index is -0.0243. The van der Waals surface area contributed by atoms with Gasteiger partial charge in [-0.25, -0.2) is 4.98 Å². The van der Waals surface area contributed by atoms with E-state index in [1.54, 1.807) is 0 Å². The Kier molecular flexibility index (Phi) is 4.64. The van der Waals surface area contributed by atoms with Gasteiger partial charge in [0, 0.05) is 38.5 Å². The second kappa shape index (κ2) is 6.75. The Hall–Kier alpha value is -0.950. The predicted octanol–water partition coefficient (Wildman–Crippen LogP) is 1.74. The lowest BCUT2D eigenvalue weighted by atomic mass is 9.79. The third-order valence-corrected chi connectivity index (χ3v) is 6.15. The zero-order chi connectivity index (χ0) is 16.6. The van der Waals surface area contributed by atoms with Crippen LogP contribution in [-0.4, -0.2) is 64.2 Å². The maximum absolute atomic E-state index is 9.02. The molecular weight excluding hydrogens is 306 g/mol. The molecule has 0 radical (unpaired) electrons. The highest BCUT2D eigenvalue weighted by atomic mass is 16.5. The summed E-state index contributed by atoms with van der Waals surface area (Å²) in [5.74, 6) is 0. The minimum absolute atomic E-state index is 0.0243. The summed E-state index contributed by atoms with van der Waals surface area (Å²) in [6.07, 6.45) is 11.0. The van der Waals surface area contributed by atoms with E-state index in [4.69, 9.17) is 14.6 Å². The topological polar surface area (TPSA) is 59.8 Å². The van der Waals surface area contributed by atoms with Gasteiger partial charge < -0.3 is 19.1 Å². The zero-order valence-electron chi connectivity index (χ0n) is 14.6. The smallest absolute Gasteiger partial charge is 0.0951 e. The van der Waals surface area contributed by atoms with Crippen molar-refractivity contribution < 1.29 is 14.6 Å². The molecule has 24 heavy (non-hydrogen) atoms. The first kappa shape index (κ1) is 16.5. The largest absolute Gasteiger partial charge is 0.394 e. The monoisotopic (exact) mass is 335 g/mol. The van der Waals surface area contributed by atoms with E-state index in [1.165, 1.54) is 18.5 Å². The molecule has 0 bridgehead atoms. The molecule has 1 aromatic heterocycles. The standard InChI is InChI=1S/C18H29N3O3/c1-23-18-5-4-16(24-9-8-22)10-17(18)20(7-6-18)12-15-11-19-13-21(15)14-2-3-14/h11,13-14,16-17,22H,2-10,12H2,1H3/t16-,17-,18+/m0/s1. The fourth-order valence-corrected chi connectivity index (χ4v) is 4.66. The summed E-state index contributed by atoms with van der Waals surface area (Å²) in [7, 11) is 1.86. The van der Waals surface area contributed by atoms with Gasteiger partial charge in [0.25, 0.3) is 0 Å². The van der Waals surface area contributed by atoms with Gasteiger partial charge in [-0.2, -0.15) is 0 Å². The Morgan fingerprint density at radius 3 is 2.96 bits per heavy atom. The first-order valence-electron chi connectivity index (χ1n) is 9.28. The van der Waals surface area contributed by atoms with Crippen LogP contribution in [0.3, 0.4) is 0 Å². The average Bonchev–Trinajstić information content (AvgIpc) is 3.25. The Balaban J connectivity index is 1.47.